The maximum absolute atomic E-state index is 13.6. The van der Waals surface area contributed by atoms with Crippen molar-refractivity contribution >= 4 is 17.5 Å². The number of amides is 1. The van der Waals surface area contributed by atoms with Gasteiger partial charge in [-0.15, -0.1) is 0 Å². The third kappa shape index (κ3) is 5.02. The Balaban J connectivity index is 1.50. The molecule has 3 aromatic carbocycles. The summed E-state index contributed by atoms with van der Waals surface area (Å²) in [5, 5.41) is 18.3. The fraction of sp³-hybridized carbons (Fsp3) is 0.214. The number of aromatic nitrogens is 4. The average molecular weight is 497 g/mol. The van der Waals surface area contributed by atoms with Crippen molar-refractivity contribution in [3.05, 3.63) is 101 Å². The Morgan fingerprint density at radius 1 is 1.00 bits per heavy atom. The molecule has 1 aliphatic rings. The normalized spacial score (nSPS) is 14.5. The van der Waals surface area contributed by atoms with Gasteiger partial charge in [0.15, 0.2) is 11.5 Å². The van der Waals surface area contributed by atoms with Gasteiger partial charge in [0.05, 0.1) is 12.2 Å². The second-order valence-electron chi connectivity index (χ2n) is 8.70. The van der Waals surface area contributed by atoms with E-state index < -0.39 is 6.04 Å². The number of allylic oxidation sites excluding steroid dienone is 1. The lowest BCUT2D eigenvalue weighted by atomic mass is 9.94. The summed E-state index contributed by atoms with van der Waals surface area (Å²) in [6, 6.07) is 22.7. The third-order valence-corrected chi connectivity index (χ3v) is 6.17. The third-order valence-electron chi connectivity index (χ3n) is 6.17. The SMILES string of the molecule is CCOc1cc(C2C(C(=O)Nc3ccccc3C)=C(C)Nc3nnnn32)ccc1OCc1ccccc1. The molecule has 2 N–H and O–H groups in total. The molecule has 1 unspecified atom stereocenters. The first kappa shape index (κ1) is 24.1. The molecule has 1 atom stereocenters. The second-order valence-corrected chi connectivity index (χ2v) is 8.70. The number of rotatable bonds is 8. The lowest BCUT2D eigenvalue weighted by Gasteiger charge is -2.28. The van der Waals surface area contributed by atoms with Gasteiger partial charge in [-0.05, 0) is 66.1 Å². The first-order valence-electron chi connectivity index (χ1n) is 12.1. The topological polar surface area (TPSA) is 103 Å². The molecular formula is C28H28N6O3. The van der Waals surface area contributed by atoms with Crippen LogP contribution in [0.25, 0.3) is 0 Å². The van der Waals surface area contributed by atoms with Gasteiger partial charge in [0.1, 0.15) is 12.6 Å². The number of ether oxygens (including phenoxy) is 2. The van der Waals surface area contributed by atoms with Gasteiger partial charge >= 0.3 is 0 Å². The van der Waals surface area contributed by atoms with Crippen LogP contribution in [0.3, 0.4) is 0 Å². The van der Waals surface area contributed by atoms with Gasteiger partial charge in [-0.2, -0.15) is 4.68 Å². The molecule has 2 heterocycles. The van der Waals surface area contributed by atoms with Gasteiger partial charge in [0.2, 0.25) is 5.95 Å². The van der Waals surface area contributed by atoms with Gasteiger partial charge in [-0.25, -0.2) is 0 Å². The number of hydrogen-bond donors (Lipinski definition) is 2. The van der Waals surface area contributed by atoms with E-state index >= 15 is 0 Å². The standard InChI is InChI=1S/C28H28N6O3/c1-4-36-24-16-21(14-15-23(24)37-17-20-11-6-5-7-12-20)26-25(19(3)29-28-31-32-33-34(26)28)27(35)30-22-13-9-8-10-18(22)2/h5-16,26H,4,17H2,1-3H3,(H,30,35)(H,29,31,33). The van der Waals surface area contributed by atoms with E-state index in [9.17, 15) is 4.79 Å². The molecule has 9 heteroatoms. The summed E-state index contributed by atoms with van der Waals surface area (Å²) in [5.74, 6) is 1.41. The molecular weight excluding hydrogens is 468 g/mol. The zero-order valence-electron chi connectivity index (χ0n) is 20.9. The fourth-order valence-corrected chi connectivity index (χ4v) is 4.33. The quantitative estimate of drug-likeness (QED) is 0.358. The van der Waals surface area contributed by atoms with Gasteiger partial charge in [0.25, 0.3) is 5.91 Å². The van der Waals surface area contributed by atoms with Crippen LogP contribution in [0.5, 0.6) is 11.5 Å². The van der Waals surface area contributed by atoms with Crippen LogP contribution in [0.4, 0.5) is 11.6 Å². The molecule has 0 saturated carbocycles. The Morgan fingerprint density at radius 2 is 1.78 bits per heavy atom. The smallest absolute Gasteiger partial charge is 0.255 e. The molecule has 0 radical (unpaired) electrons. The van der Waals surface area contributed by atoms with E-state index in [1.54, 1.807) is 4.68 Å². The lowest BCUT2D eigenvalue weighted by molar-refractivity contribution is -0.113. The van der Waals surface area contributed by atoms with Crippen molar-refractivity contribution in [2.24, 2.45) is 0 Å². The number of benzene rings is 3. The van der Waals surface area contributed by atoms with E-state index in [2.05, 4.69) is 26.2 Å². The Morgan fingerprint density at radius 3 is 2.57 bits per heavy atom. The molecule has 0 fully saturated rings. The van der Waals surface area contributed by atoms with Gasteiger partial charge in [0, 0.05) is 11.4 Å². The molecule has 37 heavy (non-hydrogen) atoms. The number of aryl methyl sites for hydroxylation is 1. The molecule has 0 aliphatic carbocycles. The number of hydrogen-bond acceptors (Lipinski definition) is 7. The average Bonchev–Trinajstić information content (AvgIpc) is 3.37. The highest BCUT2D eigenvalue weighted by atomic mass is 16.5. The summed E-state index contributed by atoms with van der Waals surface area (Å²) in [5.41, 5.74) is 4.73. The van der Waals surface area contributed by atoms with Crippen molar-refractivity contribution < 1.29 is 14.3 Å². The van der Waals surface area contributed by atoms with Crippen LogP contribution < -0.4 is 20.1 Å². The Hall–Kier alpha value is -4.66. The molecule has 5 rings (SSSR count). The highest BCUT2D eigenvalue weighted by Gasteiger charge is 2.34. The monoisotopic (exact) mass is 496 g/mol. The number of fused-ring (bicyclic) bond motifs is 1. The van der Waals surface area contributed by atoms with Crippen LogP contribution in [0.1, 0.15) is 36.6 Å². The number of nitrogens with zero attached hydrogens (tertiary/aromatic N) is 4. The second kappa shape index (κ2) is 10.5. The van der Waals surface area contributed by atoms with Crippen LogP contribution in [0, 0.1) is 6.92 Å². The van der Waals surface area contributed by atoms with Crippen molar-refractivity contribution in [2.45, 2.75) is 33.4 Å². The highest BCUT2D eigenvalue weighted by molar-refractivity contribution is 6.06. The summed E-state index contributed by atoms with van der Waals surface area (Å²) in [4.78, 5) is 13.6. The van der Waals surface area contributed by atoms with Crippen molar-refractivity contribution in [3.8, 4) is 11.5 Å². The van der Waals surface area contributed by atoms with Crippen LogP contribution in [-0.4, -0.2) is 32.7 Å². The number of tetrazole rings is 1. The van der Waals surface area contributed by atoms with Crippen molar-refractivity contribution in [2.75, 3.05) is 17.2 Å². The largest absolute Gasteiger partial charge is 0.490 e. The van der Waals surface area contributed by atoms with E-state index in [4.69, 9.17) is 9.47 Å². The summed E-state index contributed by atoms with van der Waals surface area (Å²) >= 11 is 0. The van der Waals surface area contributed by atoms with E-state index in [1.807, 2.05) is 93.6 Å². The van der Waals surface area contributed by atoms with Crippen LogP contribution >= 0.6 is 0 Å². The fourth-order valence-electron chi connectivity index (χ4n) is 4.33. The van der Waals surface area contributed by atoms with E-state index in [-0.39, 0.29) is 5.91 Å². The number of carbonyl (C=O) groups is 1. The first-order chi connectivity index (χ1) is 18.0. The molecule has 4 aromatic rings. The van der Waals surface area contributed by atoms with E-state index in [0.717, 1.165) is 22.4 Å². The van der Waals surface area contributed by atoms with Crippen molar-refractivity contribution in [1.29, 1.82) is 0 Å². The number of nitrogens with one attached hydrogen (secondary N) is 2. The van der Waals surface area contributed by atoms with Crippen LogP contribution in [-0.2, 0) is 11.4 Å². The molecule has 0 saturated heterocycles. The Labute approximate surface area is 215 Å². The minimum absolute atomic E-state index is 0.243. The first-order valence-corrected chi connectivity index (χ1v) is 12.1. The lowest BCUT2D eigenvalue weighted by Crippen LogP contribution is -2.31. The minimum Gasteiger partial charge on any atom is -0.490 e. The van der Waals surface area contributed by atoms with E-state index in [1.165, 1.54) is 0 Å². The van der Waals surface area contributed by atoms with Gasteiger partial charge in [-0.1, -0.05) is 59.7 Å². The van der Waals surface area contributed by atoms with Gasteiger partial charge < -0.3 is 20.1 Å². The summed E-state index contributed by atoms with van der Waals surface area (Å²) < 4.78 is 13.6. The molecule has 1 amide bonds. The Kier molecular flexibility index (Phi) is 6.85. The maximum Gasteiger partial charge on any atom is 0.255 e. The maximum atomic E-state index is 13.6. The predicted octanol–water partition coefficient (Wildman–Crippen LogP) is 4.89. The summed E-state index contributed by atoms with van der Waals surface area (Å²) in [6.07, 6.45) is 0. The van der Waals surface area contributed by atoms with Crippen LogP contribution in [0.2, 0.25) is 0 Å². The minimum atomic E-state index is -0.572. The van der Waals surface area contributed by atoms with E-state index in [0.29, 0.717) is 41.9 Å². The molecule has 1 aromatic heterocycles. The zero-order valence-corrected chi connectivity index (χ0v) is 20.9. The van der Waals surface area contributed by atoms with Crippen molar-refractivity contribution in [1.82, 2.24) is 20.2 Å². The summed E-state index contributed by atoms with van der Waals surface area (Å²) in [7, 11) is 0. The molecule has 188 valence electrons. The molecule has 0 bridgehead atoms. The Bertz CT molecular complexity index is 1450. The van der Waals surface area contributed by atoms with Crippen molar-refractivity contribution in [3.63, 3.8) is 0 Å². The predicted molar refractivity (Wildman–Crippen MR) is 140 cm³/mol. The number of para-hydroxylation sites is 1. The number of carbonyl (C=O) groups excluding carboxylic acids is 1. The van der Waals surface area contributed by atoms with Crippen LogP contribution in [0.15, 0.2) is 84.1 Å². The molecule has 9 nitrogen and oxygen atoms in total. The molecule has 1 aliphatic heterocycles. The summed E-state index contributed by atoms with van der Waals surface area (Å²) in [6.45, 7) is 6.59. The molecule has 0 spiro atoms. The number of anilines is 2. The highest BCUT2D eigenvalue weighted by Crippen LogP contribution is 2.39. The van der Waals surface area contributed by atoms with Gasteiger partial charge in [-0.3, -0.25) is 4.79 Å². The zero-order chi connectivity index (χ0) is 25.8.